The maximum atomic E-state index is 11.5. The number of nitrogen functional groups attached to an aromatic ring is 1. The Kier molecular flexibility index (Phi) is 5.26. The number of anilines is 3. The lowest BCUT2D eigenvalue weighted by molar-refractivity contribution is -0.114. The number of likely N-dealkylation sites (N-methyl/N-ethyl adjacent to an activating group) is 1. The quantitative estimate of drug-likeness (QED) is 0.821. The molecule has 132 valence electrons. The maximum Gasteiger partial charge on any atom is 0.221 e. The molecule has 24 heavy (non-hydrogen) atoms. The van der Waals surface area contributed by atoms with E-state index in [9.17, 15) is 4.79 Å². The zero-order chi connectivity index (χ0) is 17.1. The third-order valence-corrected chi connectivity index (χ3v) is 5.19. The molecule has 0 saturated carbocycles. The van der Waals surface area contributed by atoms with Gasteiger partial charge in [0, 0.05) is 57.9 Å². The fraction of sp³-hybridized carbons (Fsp3) is 0.611. The SMILES string of the molecule is CC(=O)Nc1cc(N)ccc1N1CCC(N2CCN(C)CC2)CC1. The van der Waals surface area contributed by atoms with Crippen molar-refractivity contribution in [2.24, 2.45) is 0 Å². The lowest BCUT2D eigenvalue weighted by Crippen LogP contribution is -2.52. The second-order valence-corrected chi connectivity index (χ2v) is 7.02. The van der Waals surface area contributed by atoms with Crippen LogP contribution >= 0.6 is 0 Å². The molecule has 0 radical (unpaired) electrons. The molecule has 0 spiro atoms. The van der Waals surface area contributed by atoms with Crippen LogP contribution < -0.4 is 16.0 Å². The Morgan fingerprint density at radius 2 is 1.79 bits per heavy atom. The second-order valence-electron chi connectivity index (χ2n) is 7.02. The first-order valence-corrected chi connectivity index (χ1v) is 8.87. The van der Waals surface area contributed by atoms with Gasteiger partial charge in [-0.3, -0.25) is 9.69 Å². The van der Waals surface area contributed by atoms with Crippen LogP contribution in [0.25, 0.3) is 0 Å². The van der Waals surface area contributed by atoms with Gasteiger partial charge in [-0.25, -0.2) is 0 Å². The topological polar surface area (TPSA) is 64.8 Å². The molecule has 0 aromatic heterocycles. The standard InChI is InChI=1S/C18H29N5O/c1-14(24)20-17-13-15(19)3-4-18(17)23-7-5-16(6-8-23)22-11-9-21(2)10-12-22/h3-4,13,16H,5-12,19H2,1-2H3,(H,20,24). The van der Waals surface area contributed by atoms with E-state index in [1.54, 1.807) is 0 Å². The average Bonchev–Trinajstić information content (AvgIpc) is 2.55. The highest BCUT2D eigenvalue weighted by Gasteiger charge is 2.27. The first kappa shape index (κ1) is 17.0. The number of piperazine rings is 1. The molecule has 1 aromatic carbocycles. The van der Waals surface area contributed by atoms with Gasteiger partial charge < -0.3 is 20.9 Å². The monoisotopic (exact) mass is 331 g/mol. The van der Waals surface area contributed by atoms with Gasteiger partial charge >= 0.3 is 0 Å². The van der Waals surface area contributed by atoms with Crippen molar-refractivity contribution in [3.8, 4) is 0 Å². The normalized spacial score (nSPS) is 21.0. The Hall–Kier alpha value is -1.79. The molecule has 2 aliphatic heterocycles. The van der Waals surface area contributed by atoms with Crippen molar-refractivity contribution < 1.29 is 4.79 Å². The van der Waals surface area contributed by atoms with E-state index in [1.807, 2.05) is 18.2 Å². The number of nitrogens with zero attached hydrogens (tertiary/aromatic N) is 3. The number of amides is 1. The Morgan fingerprint density at radius 1 is 1.12 bits per heavy atom. The van der Waals surface area contributed by atoms with Crippen LogP contribution in [0.3, 0.4) is 0 Å². The number of carbonyl (C=O) groups excluding carboxylic acids is 1. The summed E-state index contributed by atoms with van der Waals surface area (Å²) in [6, 6.07) is 6.47. The second kappa shape index (κ2) is 7.40. The molecule has 2 aliphatic rings. The minimum atomic E-state index is -0.0610. The first-order chi connectivity index (χ1) is 11.5. The van der Waals surface area contributed by atoms with Crippen LogP contribution in [0.2, 0.25) is 0 Å². The summed E-state index contributed by atoms with van der Waals surface area (Å²) < 4.78 is 0. The molecular weight excluding hydrogens is 302 g/mol. The molecule has 2 saturated heterocycles. The van der Waals surface area contributed by atoms with Crippen molar-refractivity contribution >= 4 is 23.0 Å². The Bertz CT molecular complexity index is 575. The molecule has 0 atom stereocenters. The minimum absolute atomic E-state index is 0.0610. The number of hydrogen-bond donors (Lipinski definition) is 2. The van der Waals surface area contributed by atoms with Crippen LogP contribution in [0.5, 0.6) is 0 Å². The summed E-state index contributed by atoms with van der Waals surface area (Å²) >= 11 is 0. The number of carbonyl (C=O) groups is 1. The number of benzene rings is 1. The van der Waals surface area contributed by atoms with Crippen LogP contribution in [0.4, 0.5) is 17.1 Å². The molecular formula is C18H29N5O. The van der Waals surface area contributed by atoms with Gasteiger partial charge in [0.2, 0.25) is 5.91 Å². The van der Waals surface area contributed by atoms with Crippen molar-refractivity contribution in [1.29, 1.82) is 0 Å². The summed E-state index contributed by atoms with van der Waals surface area (Å²) in [5.41, 5.74) is 8.46. The highest BCUT2D eigenvalue weighted by Crippen LogP contribution is 2.31. The van der Waals surface area contributed by atoms with Crippen LogP contribution in [-0.4, -0.2) is 68.1 Å². The van der Waals surface area contributed by atoms with Crippen LogP contribution in [0.15, 0.2) is 18.2 Å². The van der Waals surface area contributed by atoms with Gasteiger partial charge in [0.05, 0.1) is 11.4 Å². The molecule has 0 aliphatic carbocycles. The molecule has 6 nitrogen and oxygen atoms in total. The van der Waals surface area contributed by atoms with Crippen LogP contribution in [0, 0.1) is 0 Å². The lowest BCUT2D eigenvalue weighted by Gasteiger charge is -2.43. The number of nitrogens with two attached hydrogens (primary N) is 1. The molecule has 6 heteroatoms. The van der Waals surface area contributed by atoms with Crippen molar-refractivity contribution in [3.63, 3.8) is 0 Å². The largest absolute Gasteiger partial charge is 0.399 e. The van der Waals surface area contributed by atoms with Gasteiger partial charge in [0.1, 0.15) is 0 Å². The predicted octanol–water partition coefficient (Wildman–Crippen LogP) is 1.44. The van der Waals surface area contributed by atoms with E-state index in [1.165, 1.54) is 45.9 Å². The predicted molar refractivity (Wildman–Crippen MR) is 99.5 cm³/mol. The Morgan fingerprint density at radius 3 is 2.42 bits per heavy atom. The number of rotatable bonds is 3. The molecule has 2 heterocycles. The number of hydrogen-bond acceptors (Lipinski definition) is 5. The van der Waals surface area contributed by atoms with E-state index in [4.69, 9.17) is 5.73 Å². The van der Waals surface area contributed by atoms with Gasteiger partial charge in [-0.05, 0) is 38.1 Å². The fourth-order valence-electron chi connectivity index (χ4n) is 3.78. The summed E-state index contributed by atoms with van der Waals surface area (Å²) in [4.78, 5) is 18.9. The summed E-state index contributed by atoms with van der Waals surface area (Å²) in [6.45, 7) is 8.28. The lowest BCUT2D eigenvalue weighted by atomic mass is 10.0. The fourth-order valence-corrected chi connectivity index (χ4v) is 3.78. The van der Waals surface area contributed by atoms with Gasteiger partial charge in [0.25, 0.3) is 0 Å². The van der Waals surface area contributed by atoms with E-state index in [0.717, 1.165) is 24.5 Å². The van der Waals surface area contributed by atoms with Crippen molar-refractivity contribution in [2.75, 3.05) is 62.3 Å². The summed E-state index contributed by atoms with van der Waals surface area (Å²) in [6.07, 6.45) is 2.35. The average molecular weight is 331 g/mol. The number of piperidine rings is 1. The van der Waals surface area contributed by atoms with Crippen molar-refractivity contribution in [1.82, 2.24) is 9.80 Å². The summed E-state index contributed by atoms with van der Waals surface area (Å²) in [7, 11) is 2.20. The Labute approximate surface area is 144 Å². The third-order valence-electron chi connectivity index (χ3n) is 5.19. The van der Waals surface area contributed by atoms with Crippen molar-refractivity contribution in [2.45, 2.75) is 25.8 Å². The van der Waals surface area contributed by atoms with Gasteiger partial charge in [-0.15, -0.1) is 0 Å². The van der Waals surface area contributed by atoms with Gasteiger partial charge in [0.15, 0.2) is 0 Å². The molecule has 0 unspecified atom stereocenters. The molecule has 3 rings (SSSR count). The van der Waals surface area contributed by atoms with Gasteiger partial charge in [-0.1, -0.05) is 0 Å². The van der Waals surface area contributed by atoms with E-state index < -0.39 is 0 Å². The maximum absolute atomic E-state index is 11.5. The molecule has 0 bridgehead atoms. The van der Waals surface area contributed by atoms with E-state index in [2.05, 4.69) is 27.1 Å². The van der Waals surface area contributed by atoms with E-state index in [-0.39, 0.29) is 5.91 Å². The van der Waals surface area contributed by atoms with Crippen LogP contribution in [0.1, 0.15) is 19.8 Å². The van der Waals surface area contributed by atoms with E-state index in [0.29, 0.717) is 11.7 Å². The summed E-state index contributed by atoms with van der Waals surface area (Å²) in [5, 5.41) is 2.91. The zero-order valence-corrected chi connectivity index (χ0v) is 14.8. The molecule has 2 fully saturated rings. The highest BCUT2D eigenvalue weighted by atomic mass is 16.1. The first-order valence-electron chi connectivity index (χ1n) is 8.87. The Balaban J connectivity index is 1.63. The third kappa shape index (κ3) is 3.99. The smallest absolute Gasteiger partial charge is 0.221 e. The number of nitrogens with one attached hydrogen (secondary N) is 1. The molecule has 1 aromatic rings. The minimum Gasteiger partial charge on any atom is -0.399 e. The molecule has 3 N–H and O–H groups in total. The van der Waals surface area contributed by atoms with Gasteiger partial charge in [-0.2, -0.15) is 0 Å². The van der Waals surface area contributed by atoms with E-state index >= 15 is 0 Å². The zero-order valence-electron chi connectivity index (χ0n) is 14.8. The van der Waals surface area contributed by atoms with Crippen LogP contribution in [-0.2, 0) is 4.79 Å². The summed E-state index contributed by atoms with van der Waals surface area (Å²) in [5.74, 6) is -0.0610. The molecule has 1 amide bonds. The highest BCUT2D eigenvalue weighted by molar-refractivity contribution is 5.93. The van der Waals surface area contributed by atoms with Crippen molar-refractivity contribution in [3.05, 3.63) is 18.2 Å².